The normalized spacial score (nSPS) is 10.1. The first-order chi connectivity index (χ1) is 11.0. The molecule has 0 aliphatic carbocycles. The Bertz CT molecular complexity index is 529. The molecule has 1 rings (SSSR count). The summed E-state index contributed by atoms with van der Waals surface area (Å²) < 4.78 is 16.0. The minimum absolute atomic E-state index is 0.115. The van der Waals surface area contributed by atoms with Crippen LogP contribution in [-0.2, 0) is 11.2 Å². The summed E-state index contributed by atoms with van der Waals surface area (Å²) in [5.41, 5.74) is 1.95. The van der Waals surface area contributed by atoms with E-state index in [-0.39, 0.29) is 5.91 Å². The lowest BCUT2D eigenvalue weighted by atomic mass is 10.1. The van der Waals surface area contributed by atoms with Crippen LogP contribution >= 0.6 is 0 Å². The molecule has 0 radical (unpaired) electrons. The molecule has 5 nitrogen and oxygen atoms in total. The molecule has 0 bridgehead atoms. The summed E-state index contributed by atoms with van der Waals surface area (Å²) in [6, 6.07) is 3.76. The van der Waals surface area contributed by atoms with Crippen molar-refractivity contribution < 1.29 is 19.0 Å². The molecule has 0 aliphatic heterocycles. The summed E-state index contributed by atoms with van der Waals surface area (Å²) in [6.07, 6.45) is 1.04. The van der Waals surface area contributed by atoms with Gasteiger partial charge in [0.2, 0.25) is 11.7 Å². The second-order valence-corrected chi connectivity index (χ2v) is 5.40. The molecule has 1 aromatic rings. The smallest absolute Gasteiger partial charge is 0.223 e. The maximum atomic E-state index is 12.3. The predicted octanol–water partition coefficient (Wildman–Crippen LogP) is 3.07. The molecule has 0 fully saturated rings. The van der Waals surface area contributed by atoms with E-state index in [0.717, 1.165) is 11.1 Å². The largest absolute Gasteiger partial charge is 0.493 e. The number of hydrogen-bond donors (Lipinski definition) is 0. The molecule has 0 heterocycles. The van der Waals surface area contributed by atoms with Gasteiger partial charge in [-0.1, -0.05) is 12.2 Å². The molecule has 0 saturated heterocycles. The van der Waals surface area contributed by atoms with E-state index >= 15 is 0 Å². The lowest BCUT2D eigenvalue weighted by molar-refractivity contribution is -0.130. The van der Waals surface area contributed by atoms with E-state index in [1.165, 1.54) is 0 Å². The Morgan fingerprint density at radius 3 is 2.09 bits per heavy atom. The molecule has 1 amide bonds. The van der Waals surface area contributed by atoms with Crippen molar-refractivity contribution in [3.05, 3.63) is 29.8 Å². The third-order valence-electron chi connectivity index (χ3n) is 3.55. The molecular formula is C18H27NO4. The molecule has 0 unspecified atom stereocenters. The number of aryl methyl sites for hydroxylation is 1. The highest BCUT2D eigenvalue weighted by molar-refractivity contribution is 5.76. The molecule has 0 aliphatic rings. The summed E-state index contributed by atoms with van der Waals surface area (Å²) >= 11 is 0. The van der Waals surface area contributed by atoms with Gasteiger partial charge in [0.1, 0.15) is 0 Å². The number of carbonyl (C=O) groups is 1. The van der Waals surface area contributed by atoms with Crippen LogP contribution in [0.1, 0.15) is 25.8 Å². The second kappa shape index (κ2) is 9.08. The van der Waals surface area contributed by atoms with Crippen LogP contribution in [0.15, 0.2) is 24.3 Å². The van der Waals surface area contributed by atoms with Crippen LogP contribution in [0.4, 0.5) is 0 Å². The van der Waals surface area contributed by atoms with E-state index in [0.29, 0.717) is 43.2 Å². The number of rotatable bonds is 9. The first-order valence-electron chi connectivity index (χ1n) is 7.67. The van der Waals surface area contributed by atoms with Crippen LogP contribution in [-0.4, -0.2) is 45.2 Å². The average Bonchev–Trinajstić information content (AvgIpc) is 2.55. The molecule has 0 atom stereocenters. The van der Waals surface area contributed by atoms with Gasteiger partial charge in [-0.2, -0.15) is 0 Å². The van der Waals surface area contributed by atoms with Crippen molar-refractivity contribution in [2.45, 2.75) is 26.7 Å². The fourth-order valence-electron chi connectivity index (χ4n) is 2.39. The van der Waals surface area contributed by atoms with Crippen molar-refractivity contribution in [1.29, 1.82) is 0 Å². The quantitative estimate of drug-likeness (QED) is 0.656. The Kier molecular flexibility index (Phi) is 7.45. The molecule has 0 spiro atoms. The molecule has 128 valence electrons. The number of likely N-dealkylation sites (N-methyl/N-ethyl adjacent to an activating group) is 1. The van der Waals surface area contributed by atoms with Crippen molar-refractivity contribution in [3.8, 4) is 17.2 Å². The van der Waals surface area contributed by atoms with Gasteiger partial charge in [0, 0.05) is 19.5 Å². The standard InChI is InChI=1S/C18H27NO4/c1-7-19(12-13(2)3)17(20)9-8-14-10-15(21-4)18(23-6)16(11-14)22-5/h10-11H,2,7-9,12H2,1,3-6H3. The van der Waals surface area contributed by atoms with E-state index < -0.39 is 0 Å². The van der Waals surface area contributed by atoms with E-state index in [9.17, 15) is 4.79 Å². The fourth-order valence-corrected chi connectivity index (χ4v) is 2.39. The van der Waals surface area contributed by atoms with E-state index in [2.05, 4.69) is 6.58 Å². The van der Waals surface area contributed by atoms with Crippen molar-refractivity contribution in [2.75, 3.05) is 34.4 Å². The predicted molar refractivity (Wildman–Crippen MR) is 91.5 cm³/mol. The van der Waals surface area contributed by atoms with Gasteiger partial charge in [-0.05, 0) is 38.0 Å². The molecule has 1 aromatic carbocycles. The van der Waals surface area contributed by atoms with Crippen LogP contribution in [0.5, 0.6) is 17.2 Å². The summed E-state index contributed by atoms with van der Waals surface area (Å²) in [5, 5.41) is 0. The Hall–Kier alpha value is -2.17. The minimum Gasteiger partial charge on any atom is -0.493 e. The molecule has 0 aromatic heterocycles. The molecule has 0 saturated carbocycles. The number of benzene rings is 1. The van der Waals surface area contributed by atoms with Crippen LogP contribution in [0.25, 0.3) is 0 Å². The Morgan fingerprint density at radius 1 is 1.13 bits per heavy atom. The monoisotopic (exact) mass is 321 g/mol. The van der Waals surface area contributed by atoms with Crippen molar-refractivity contribution in [1.82, 2.24) is 4.90 Å². The first-order valence-corrected chi connectivity index (χ1v) is 7.67. The van der Waals surface area contributed by atoms with E-state index in [1.807, 2.05) is 26.0 Å². The zero-order valence-corrected chi connectivity index (χ0v) is 14.8. The molecule has 5 heteroatoms. The average molecular weight is 321 g/mol. The van der Waals surface area contributed by atoms with E-state index in [1.54, 1.807) is 26.2 Å². The first kappa shape index (κ1) is 18.9. The fraction of sp³-hybridized carbons (Fsp3) is 0.500. The summed E-state index contributed by atoms with van der Waals surface area (Å²) in [4.78, 5) is 14.1. The second-order valence-electron chi connectivity index (χ2n) is 5.40. The lowest BCUT2D eigenvalue weighted by Crippen LogP contribution is -2.32. The third-order valence-corrected chi connectivity index (χ3v) is 3.55. The van der Waals surface area contributed by atoms with Crippen LogP contribution in [0.3, 0.4) is 0 Å². The molecule has 0 N–H and O–H groups in total. The number of methoxy groups -OCH3 is 3. The summed E-state index contributed by atoms with van der Waals surface area (Å²) in [6.45, 7) is 9.05. The lowest BCUT2D eigenvalue weighted by Gasteiger charge is -2.21. The van der Waals surface area contributed by atoms with E-state index in [4.69, 9.17) is 14.2 Å². The van der Waals surface area contributed by atoms with Gasteiger partial charge in [-0.25, -0.2) is 0 Å². The Balaban J connectivity index is 2.85. The van der Waals surface area contributed by atoms with Crippen LogP contribution in [0, 0.1) is 0 Å². The number of carbonyl (C=O) groups excluding carboxylic acids is 1. The van der Waals surface area contributed by atoms with Gasteiger partial charge < -0.3 is 19.1 Å². The van der Waals surface area contributed by atoms with Crippen LogP contribution in [0.2, 0.25) is 0 Å². The Labute approximate surface area is 138 Å². The number of amides is 1. The Morgan fingerprint density at radius 2 is 1.70 bits per heavy atom. The summed E-state index contributed by atoms with van der Waals surface area (Å²) in [7, 11) is 4.73. The topological polar surface area (TPSA) is 48.0 Å². The number of hydrogen-bond acceptors (Lipinski definition) is 4. The zero-order chi connectivity index (χ0) is 17.4. The molecular weight excluding hydrogens is 294 g/mol. The van der Waals surface area contributed by atoms with Gasteiger partial charge in [0.15, 0.2) is 11.5 Å². The summed E-state index contributed by atoms with van der Waals surface area (Å²) in [5.74, 6) is 1.87. The number of ether oxygens (including phenoxy) is 3. The van der Waals surface area contributed by atoms with Gasteiger partial charge in [0.25, 0.3) is 0 Å². The minimum atomic E-state index is 0.115. The highest BCUT2D eigenvalue weighted by Crippen LogP contribution is 2.38. The van der Waals surface area contributed by atoms with Crippen molar-refractivity contribution in [3.63, 3.8) is 0 Å². The third kappa shape index (κ3) is 5.20. The zero-order valence-electron chi connectivity index (χ0n) is 14.8. The maximum Gasteiger partial charge on any atom is 0.223 e. The van der Waals surface area contributed by atoms with Gasteiger partial charge in [-0.3, -0.25) is 4.79 Å². The van der Waals surface area contributed by atoms with Crippen LogP contribution < -0.4 is 14.2 Å². The van der Waals surface area contributed by atoms with Gasteiger partial charge in [0.05, 0.1) is 21.3 Å². The highest BCUT2D eigenvalue weighted by atomic mass is 16.5. The van der Waals surface area contributed by atoms with Gasteiger partial charge in [-0.15, -0.1) is 0 Å². The SMILES string of the molecule is C=C(C)CN(CC)C(=O)CCc1cc(OC)c(OC)c(OC)c1. The van der Waals surface area contributed by atoms with Crippen molar-refractivity contribution in [2.24, 2.45) is 0 Å². The maximum absolute atomic E-state index is 12.3. The molecule has 23 heavy (non-hydrogen) atoms. The van der Waals surface area contributed by atoms with Crippen molar-refractivity contribution >= 4 is 5.91 Å². The highest BCUT2D eigenvalue weighted by Gasteiger charge is 2.15. The van der Waals surface area contributed by atoms with Gasteiger partial charge >= 0.3 is 0 Å². The number of nitrogens with zero attached hydrogens (tertiary/aromatic N) is 1.